The predicted octanol–water partition coefficient (Wildman–Crippen LogP) is 0.873. The van der Waals surface area contributed by atoms with E-state index in [1.807, 2.05) is 6.92 Å². The Labute approximate surface area is 124 Å². The summed E-state index contributed by atoms with van der Waals surface area (Å²) >= 11 is 0. The molecule has 0 heterocycles. The molecule has 0 fully saturated rings. The smallest absolute Gasteiger partial charge is 0.240 e. The molecule has 1 aromatic rings. The number of sulfonamides is 1. The number of nitrogens with one attached hydrogen (secondary N) is 1. The van der Waals surface area contributed by atoms with Crippen LogP contribution in [0.5, 0.6) is 0 Å². The zero-order valence-corrected chi connectivity index (χ0v) is 12.7. The van der Waals surface area contributed by atoms with Crippen LogP contribution >= 0.6 is 0 Å². The number of hydrogen-bond donors (Lipinski definition) is 2. The van der Waals surface area contributed by atoms with Gasteiger partial charge in [0.2, 0.25) is 10.0 Å². The Hall–Kier alpha value is -1.46. The average molecular weight is 315 g/mol. The summed E-state index contributed by atoms with van der Waals surface area (Å²) in [6.07, 6.45) is 0. The lowest BCUT2D eigenvalue weighted by Gasteiger charge is -2.14. The SMILES string of the molecule is CCOCC(C)NS(=O)(=O)c1ccc(C#CCO)c(F)c1. The normalized spacial score (nSPS) is 12.6. The third-order valence-electron chi connectivity index (χ3n) is 2.48. The minimum Gasteiger partial charge on any atom is -0.384 e. The van der Waals surface area contributed by atoms with E-state index >= 15 is 0 Å². The molecule has 7 heteroatoms. The second-order valence-electron chi connectivity index (χ2n) is 4.28. The molecular weight excluding hydrogens is 297 g/mol. The molecule has 1 aromatic carbocycles. The van der Waals surface area contributed by atoms with Crippen LogP contribution in [0.25, 0.3) is 0 Å². The van der Waals surface area contributed by atoms with Crippen molar-refractivity contribution in [2.45, 2.75) is 24.8 Å². The number of ether oxygens (including phenoxy) is 1. The van der Waals surface area contributed by atoms with Crippen molar-refractivity contribution in [3.05, 3.63) is 29.6 Å². The van der Waals surface area contributed by atoms with Gasteiger partial charge in [0, 0.05) is 12.6 Å². The highest BCUT2D eigenvalue weighted by Gasteiger charge is 2.18. The van der Waals surface area contributed by atoms with E-state index in [0.29, 0.717) is 6.61 Å². The highest BCUT2D eigenvalue weighted by Crippen LogP contribution is 2.14. The van der Waals surface area contributed by atoms with Gasteiger partial charge in [-0.1, -0.05) is 11.8 Å². The lowest BCUT2D eigenvalue weighted by atomic mass is 10.2. The topological polar surface area (TPSA) is 75.6 Å². The lowest BCUT2D eigenvalue weighted by Crippen LogP contribution is -2.35. The van der Waals surface area contributed by atoms with Crippen LogP contribution in [-0.4, -0.2) is 39.4 Å². The molecule has 0 aromatic heterocycles. The van der Waals surface area contributed by atoms with Gasteiger partial charge in [0.1, 0.15) is 12.4 Å². The first-order valence-corrected chi connectivity index (χ1v) is 7.88. The fraction of sp³-hybridized carbons (Fsp3) is 0.429. The number of rotatable bonds is 6. The van der Waals surface area contributed by atoms with Crippen LogP contribution in [-0.2, 0) is 14.8 Å². The summed E-state index contributed by atoms with van der Waals surface area (Å²) in [5.74, 6) is 3.95. The molecule has 0 aliphatic rings. The zero-order chi connectivity index (χ0) is 15.9. The van der Waals surface area contributed by atoms with Crippen molar-refractivity contribution in [3.8, 4) is 11.8 Å². The molecular formula is C14H18FNO4S. The largest absolute Gasteiger partial charge is 0.384 e. The summed E-state index contributed by atoms with van der Waals surface area (Å²) < 4.78 is 45.4. The van der Waals surface area contributed by atoms with Crippen molar-refractivity contribution in [2.75, 3.05) is 19.8 Å². The van der Waals surface area contributed by atoms with Gasteiger partial charge in [-0.25, -0.2) is 17.5 Å². The molecule has 0 saturated heterocycles. The maximum Gasteiger partial charge on any atom is 0.240 e. The molecule has 1 atom stereocenters. The van der Waals surface area contributed by atoms with E-state index in [0.717, 1.165) is 6.07 Å². The summed E-state index contributed by atoms with van der Waals surface area (Å²) in [7, 11) is -3.82. The Morgan fingerprint density at radius 3 is 2.76 bits per heavy atom. The van der Waals surface area contributed by atoms with Crippen molar-refractivity contribution in [2.24, 2.45) is 0 Å². The summed E-state index contributed by atoms with van der Waals surface area (Å²) in [5, 5.41) is 8.56. The van der Waals surface area contributed by atoms with Crippen LogP contribution in [0.2, 0.25) is 0 Å². The Morgan fingerprint density at radius 1 is 1.48 bits per heavy atom. The molecule has 2 N–H and O–H groups in total. The number of aliphatic hydroxyl groups is 1. The van der Waals surface area contributed by atoms with E-state index < -0.39 is 28.5 Å². The molecule has 0 spiro atoms. The first kappa shape index (κ1) is 17.6. The van der Waals surface area contributed by atoms with Crippen molar-refractivity contribution < 1.29 is 22.7 Å². The Bertz CT molecular complexity index is 634. The van der Waals surface area contributed by atoms with Gasteiger partial charge in [-0.05, 0) is 32.0 Å². The number of hydrogen-bond acceptors (Lipinski definition) is 4. The van der Waals surface area contributed by atoms with E-state index in [1.165, 1.54) is 12.1 Å². The van der Waals surface area contributed by atoms with Crippen LogP contribution < -0.4 is 4.72 Å². The van der Waals surface area contributed by atoms with E-state index in [-0.39, 0.29) is 17.1 Å². The Kier molecular flexibility index (Phi) is 6.78. The van der Waals surface area contributed by atoms with E-state index in [1.54, 1.807) is 6.92 Å². The third-order valence-corrected chi connectivity index (χ3v) is 4.07. The molecule has 1 unspecified atom stereocenters. The second-order valence-corrected chi connectivity index (χ2v) is 6.00. The Balaban J connectivity index is 2.91. The van der Waals surface area contributed by atoms with Crippen LogP contribution in [0.4, 0.5) is 4.39 Å². The summed E-state index contributed by atoms with van der Waals surface area (Å²) in [4.78, 5) is -0.183. The molecule has 5 nitrogen and oxygen atoms in total. The monoisotopic (exact) mass is 315 g/mol. The maximum absolute atomic E-state index is 13.7. The van der Waals surface area contributed by atoms with Crippen molar-refractivity contribution >= 4 is 10.0 Å². The molecule has 1 rings (SSSR count). The number of benzene rings is 1. The molecule has 0 aliphatic carbocycles. The lowest BCUT2D eigenvalue weighted by molar-refractivity contribution is 0.133. The molecule has 0 radical (unpaired) electrons. The Morgan fingerprint density at radius 2 is 2.19 bits per heavy atom. The van der Waals surface area contributed by atoms with E-state index in [2.05, 4.69) is 16.6 Å². The van der Waals surface area contributed by atoms with Gasteiger partial charge >= 0.3 is 0 Å². The maximum atomic E-state index is 13.7. The second kappa shape index (κ2) is 8.10. The standard InChI is InChI=1S/C14H18FNO4S/c1-3-20-10-11(2)16-21(18,19)13-7-6-12(5-4-8-17)14(15)9-13/h6-7,9,11,16-17H,3,8,10H2,1-2H3. The van der Waals surface area contributed by atoms with Gasteiger partial charge in [-0.3, -0.25) is 0 Å². The highest BCUT2D eigenvalue weighted by molar-refractivity contribution is 7.89. The first-order chi connectivity index (χ1) is 9.90. The zero-order valence-electron chi connectivity index (χ0n) is 11.9. The van der Waals surface area contributed by atoms with Crippen molar-refractivity contribution in [3.63, 3.8) is 0 Å². The third kappa shape index (κ3) is 5.44. The number of halogens is 1. The summed E-state index contributed by atoms with van der Waals surface area (Å²) in [6, 6.07) is 3.00. The van der Waals surface area contributed by atoms with E-state index in [9.17, 15) is 12.8 Å². The van der Waals surface area contributed by atoms with Crippen molar-refractivity contribution in [1.29, 1.82) is 0 Å². The van der Waals surface area contributed by atoms with Crippen LogP contribution in [0.1, 0.15) is 19.4 Å². The minimum absolute atomic E-state index is 0.0327. The molecule has 116 valence electrons. The van der Waals surface area contributed by atoms with Crippen molar-refractivity contribution in [1.82, 2.24) is 4.72 Å². The molecule has 0 saturated carbocycles. The quantitative estimate of drug-likeness (QED) is 0.764. The molecule has 21 heavy (non-hydrogen) atoms. The van der Waals surface area contributed by atoms with Gasteiger partial charge in [0.15, 0.2) is 0 Å². The number of aliphatic hydroxyl groups excluding tert-OH is 1. The average Bonchev–Trinajstić information content (AvgIpc) is 2.43. The van der Waals surface area contributed by atoms with Gasteiger partial charge in [0.05, 0.1) is 17.1 Å². The molecule has 0 amide bonds. The van der Waals surface area contributed by atoms with E-state index in [4.69, 9.17) is 9.84 Å². The summed E-state index contributed by atoms with van der Waals surface area (Å²) in [6.45, 7) is 3.79. The van der Waals surface area contributed by atoms with Gasteiger partial charge in [-0.2, -0.15) is 0 Å². The van der Waals surface area contributed by atoms with Crippen LogP contribution in [0.15, 0.2) is 23.1 Å². The molecule has 0 bridgehead atoms. The van der Waals surface area contributed by atoms with Gasteiger partial charge in [-0.15, -0.1) is 0 Å². The fourth-order valence-electron chi connectivity index (χ4n) is 1.56. The van der Waals surface area contributed by atoms with Gasteiger partial charge < -0.3 is 9.84 Å². The van der Waals surface area contributed by atoms with Gasteiger partial charge in [0.25, 0.3) is 0 Å². The van der Waals surface area contributed by atoms with Crippen LogP contribution in [0, 0.1) is 17.7 Å². The predicted molar refractivity (Wildman–Crippen MR) is 76.6 cm³/mol. The molecule has 0 aliphatic heterocycles. The highest BCUT2D eigenvalue weighted by atomic mass is 32.2. The van der Waals surface area contributed by atoms with Crippen LogP contribution in [0.3, 0.4) is 0 Å². The summed E-state index contributed by atoms with van der Waals surface area (Å²) in [5.41, 5.74) is 0.0327. The first-order valence-electron chi connectivity index (χ1n) is 6.40. The minimum atomic E-state index is -3.82. The fourth-order valence-corrected chi connectivity index (χ4v) is 2.80.